The number of ether oxygens (including phenoxy) is 1. The molecule has 6 aromatic carbocycles. The van der Waals surface area contributed by atoms with Crippen molar-refractivity contribution in [1.29, 1.82) is 0 Å². The molecule has 12 rings (SSSR count). The number of nitrogens with zero attached hydrogens (tertiary/aromatic N) is 9. The minimum Gasteiger partial charge on any atom is -0.406 e. The summed E-state index contributed by atoms with van der Waals surface area (Å²) >= 11 is 0. The third-order valence-corrected chi connectivity index (χ3v) is 20.6. The zero-order valence-electron chi connectivity index (χ0n) is 51.5. The van der Waals surface area contributed by atoms with Gasteiger partial charge >= 0.3 is 6.36 Å². The molecule has 0 amide bonds. The number of pyridine rings is 3. The Balaban J connectivity index is 0.000000153. The zero-order chi connectivity index (χ0) is 66.6. The molecule has 0 bridgehead atoms. The van der Waals surface area contributed by atoms with Crippen molar-refractivity contribution in [1.82, 2.24) is 44.3 Å². The van der Waals surface area contributed by atoms with Gasteiger partial charge in [0.05, 0.1) is 94.0 Å². The molecule has 16 nitrogen and oxygen atoms in total. The van der Waals surface area contributed by atoms with E-state index in [0.29, 0.717) is 44.3 Å². The van der Waals surface area contributed by atoms with Gasteiger partial charge in [0.15, 0.2) is 29.5 Å². The van der Waals surface area contributed by atoms with Crippen molar-refractivity contribution < 1.29 is 51.9 Å². The highest BCUT2D eigenvalue weighted by molar-refractivity contribution is 7.91. The van der Waals surface area contributed by atoms with E-state index in [4.69, 9.17) is 0 Å². The number of aryl methyl sites for hydroxylation is 2. The summed E-state index contributed by atoms with van der Waals surface area (Å²) in [5.74, 6) is -1.18. The van der Waals surface area contributed by atoms with Crippen LogP contribution in [0.25, 0.3) is 49.8 Å². The molecule has 0 aliphatic rings. The van der Waals surface area contributed by atoms with Crippen LogP contribution in [0.3, 0.4) is 0 Å². The summed E-state index contributed by atoms with van der Waals surface area (Å²) in [5, 5.41) is 15.5. The van der Waals surface area contributed by atoms with Crippen molar-refractivity contribution in [3.63, 3.8) is 0 Å². The summed E-state index contributed by atoms with van der Waals surface area (Å²) in [5.41, 5.74) is 8.55. The molecule has 0 aliphatic carbocycles. The molecule has 0 atom stereocenters. The first-order chi connectivity index (χ1) is 44.1. The number of sulfone groups is 3. The fourth-order valence-corrected chi connectivity index (χ4v) is 14.4. The molecule has 0 fully saturated rings. The Bertz CT molecular complexity index is 5000. The quantitative estimate of drug-likeness (QED) is 0.0779. The van der Waals surface area contributed by atoms with Gasteiger partial charge in [-0.1, -0.05) is 77.1 Å². The first kappa shape index (κ1) is 66.4. The molecule has 0 saturated carbocycles. The molecule has 12 aromatic rings. The van der Waals surface area contributed by atoms with Crippen LogP contribution in [0.1, 0.15) is 98.7 Å². The lowest BCUT2D eigenvalue weighted by molar-refractivity contribution is -0.274. The third kappa shape index (κ3) is 15.4. The molecule has 0 radical (unpaired) electrons. The van der Waals surface area contributed by atoms with Crippen LogP contribution in [0, 0.1) is 13.8 Å². The maximum Gasteiger partial charge on any atom is 0.573 e. The number of benzene rings is 6. The van der Waals surface area contributed by atoms with Crippen LogP contribution >= 0.6 is 0 Å². The average molecular weight is 1320 g/mol. The number of alkyl halides is 5. The highest BCUT2D eigenvalue weighted by atomic mass is 32.2. The van der Waals surface area contributed by atoms with E-state index < -0.39 is 59.5 Å². The molecular weight excluding hydrogens is 1260 g/mol. The molecule has 0 N–H and O–H groups in total. The second-order valence-corrected chi connectivity index (χ2v) is 28.9. The van der Waals surface area contributed by atoms with Crippen molar-refractivity contribution in [3.05, 3.63) is 246 Å². The lowest BCUT2D eigenvalue weighted by atomic mass is 9.82. The third-order valence-electron chi connectivity index (χ3n) is 15.6. The van der Waals surface area contributed by atoms with Gasteiger partial charge in [-0.3, -0.25) is 15.0 Å². The van der Waals surface area contributed by atoms with Crippen LogP contribution in [0.15, 0.2) is 215 Å². The fourth-order valence-electron chi connectivity index (χ4n) is 10.5. The molecule has 0 saturated heterocycles. The maximum atomic E-state index is 13.4. The standard InChI is InChI=1S/C25H27N3O2S.C23H21F2N3O2S.C21H16F3N3O3S/c1-5-25(3,4)19-11-13-21(14-12-19)31(29,30)17-20-16-18(2)27-28(20)24-10-6-9-23-22(24)8-7-15-26-23;1-15(2)16-8-10-18(11-9-16)31(29,30)14-17-13-21(23(24)25)27-28(17)22-7-3-6-20-19(22)5-4-12-26-20;1-14-12-15(27(26-14)20-6-2-5-19-18(20)4-3-11-25-19)13-31(28,29)17-9-7-16(8-10-17)30-21(22,23)24/h6-16H,5,17H2,1-4H3;3-13,15,23H,14H2,1-2H3;2-12H,13H2,1H3. The molecular formula is C69H64F5N9O7S3. The topological polar surface area (TPSA) is 204 Å². The van der Waals surface area contributed by atoms with Crippen molar-refractivity contribution >= 4 is 62.2 Å². The van der Waals surface area contributed by atoms with Crippen LogP contribution < -0.4 is 4.74 Å². The summed E-state index contributed by atoms with van der Waals surface area (Å²) in [6.07, 6.45) is -1.64. The lowest BCUT2D eigenvalue weighted by Gasteiger charge is -2.23. The summed E-state index contributed by atoms with van der Waals surface area (Å²) in [6, 6.07) is 50.2. The molecule has 24 heteroatoms. The Morgan fingerprint density at radius 1 is 0.473 bits per heavy atom. The minimum absolute atomic E-state index is 0.0143. The van der Waals surface area contributed by atoms with Gasteiger partial charge in [0.2, 0.25) is 0 Å². The highest BCUT2D eigenvalue weighted by Gasteiger charge is 2.32. The van der Waals surface area contributed by atoms with E-state index in [1.807, 2.05) is 87.5 Å². The van der Waals surface area contributed by atoms with E-state index in [-0.39, 0.29) is 38.3 Å². The van der Waals surface area contributed by atoms with Crippen LogP contribution in [0.2, 0.25) is 0 Å². The predicted molar refractivity (Wildman–Crippen MR) is 347 cm³/mol. The van der Waals surface area contributed by atoms with Gasteiger partial charge in [0, 0.05) is 34.7 Å². The maximum absolute atomic E-state index is 13.4. The number of halogens is 5. The first-order valence-electron chi connectivity index (χ1n) is 29.3. The van der Waals surface area contributed by atoms with E-state index in [0.717, 1.165) is 81.1 Å². The summed E-state index contributed by atoms with van der Waals surface area (Å²) in [7, 11) is -11.2. The van der Waals surface area contributed by atoms with Gasteiger partial charge in [-0.05, 0) is 182 Å². The normalized spacial score (nSPS) is 12.3. The summed E-state index contributed by atoms with van der Waals surface area (Å²) in [4.78, 5) is 13.3. The lowest BCUT2D eigenvalue weighted by Crippen LogP contribution is -2.17. The van der Waals surface area contributed by atoms with Crippen LogP contribution in [0.5, 0.6) is 5.75 Å². The van der Waals surface area contributed by atoms with Gasteiger partial charge in [-0.2, -0.15) is 15.3 Å². The van der Waals surface area contributed by atoms with Gasteiger partial charge in [-0.15, -0.1) is 13.2 Å². The summed E-state index contributed by atoms with van der Waals surface area (Å²) < 4.78 is 151. The Morgan fingerprint density at radius 2 is 0.839 bits per heavy atom. The SMILES string of the molecule is CC(C)c1ccc(S(=O)(=O)Cc2cc(C(F)F)nn2-c2cccc3ncccc23)cc1.CCC(C)(C)c1ccc(S(=O)(=O)Cc2cc(C)nn2-c2cccc3ncccc23)cc1.Cc1cc(CS(=O)(=O)c2ccc(OC(F)(F)F)cc2)n(-c2cccc3ncccc23)n1. The first-order valence-corrected chi connectivity index (χ1v) is 34.3. The van der Waals surface area contributed by atoms with Crippen molar-refractivity contribution in [3.8, 4) is 22.8 Å². The van der Waals surface area contributed by atoms with Gasteiger partial charge in [0.25, 0.3) is 6.43 Å². The van der Waals surface area contributed by atoms with Gasteiger partial charge in [-0.25, -0.2) is 48.1 Å². The second-order valence-electron chi connectivity index (χ2n) is 23.0. The van der Waals surface area contributed by atoms with Gasteiger partial charge in [0.1, 0.15) is 11.4 Å². The van der Waals surface area contributed by atoms with E-state index in [2.05, 4.69) is 55.8 Å². The Hall–Kier alpha value is -9.52. The smallest absolute Gasteiger partial charge is 0.406 e. The van der Waals surface area contributed by atoms with Crippen molar-refractivity contribution in [2.24, 2.45) is 0 Å². The van der Waals surface area contributed by atoms with Gasteiger partial charge < -0.3 is 4.74 Å². The second kappa shape index (κ2) is 27.0. The number of rotatable bonds is 17. The number of hydrogen-bond acceptors (Lipinski definition) is 13. The number of fused-ring (bicyclic) bond motifs is 3. The molecule has 480 valence electrons. The number of hydrogen-bond donors (Lipinski definition) is 0. The average Bonchev–Trinajstić information content (AvgIpc) is 1.75. The van der Waals surface area contributed by atoms with Crippen LogP contribution in [0.4, 0.5) is 22.0 Å². The highest BCUT2D eigenvalue weighted by Crippen LogP contribution is 2.33. The molecule has 6 heterocycles. The van der Waals surface area contributed by atoms with E-state index in [1.54, 1.807) is 120 Å². The number of aromatic nitrogens is 9. The van der Waals surface area contributed by atoms with E-state index in [9.17, 15) is 47.2 Å². The van der Waals surface area contributed by atoms with Crippen LogP contribution in [-0.4, -0.2) is 75.9 Å². The Kier molecular flexibility index (Phi) is 19.3. The minimum atomic E-state index is -4.85. The van der Waals surface area contributed by atoms with Crippen LogP contribution in [-0.2, 0) is 52.2 Å². The molecule has 0 spiro atoms. The predicted octanol–water partition coefficient (Wildman–Crippen LogP) is 15.4. The Labute approximate surface area is 535 Å². The molecule has 0 aliphatic heterocycles. The fraction of sp³-hybridized carbons (Fsp3) is 0.217. The van der Waals surface area contributed by atoms with Crippen molar-refractivity contribution in [2.75, 3.05) is 0 Å². The molecule has 6 aromatic heterocycles. The van der Waals surface area contributed by atoms with E-state index in [1.165, 1.54) is 4.68 Å². The molecule has 93 heavy (non-hydrogen) atoms. The monoisotopic (exact) mass is 1320 g/mol. The Morgan fingerprint density at radius 3 is 1.20 bits per heavy atom. The van der Waals surface area contributed by atoms with Crippen molar-refractivity contribution in [2.45, 2.75) is 111 Å². The van der Waals surface area contributed by atoms with E-state index >= 15 is 0 Å². The summed E-state index contributed by atoms with van der Waals surface area (Å²) in [6.45, 7) is 14.1. The zero-order valence-corrected chi connectivity index (χ0v) is 54.0. The molecule has 0 unspecified atom stereocenters. The largest absolute Gasteiger partial charge is 0.573 e.